The van der Waals surface area contributed by atoms with Crippen molar-refractivity contribution in [1.82, 2.24) is 0 Å². The topological polar surface area (TPSA) is 18.5 Å². The summed E-state index contributed by atoms with van der Waals surface area (Å²) in [6.07, 6.45) is 0. The number of hydrogen-bond acceptors (Lipinski definition) is 3. The molecule has 0 amide bonds. The Morgan fingerprint density at radius 3 is 1.45 bits per heavy atom. The Labute approximate surface area is 187 Å². The predicted octanol–water partition coefficient (Wildman–Crippen LogP) is 2.82. The average molecular weight is 518 g/mol. The first-order valence-corrected chi connectivity index (χ1v) is 14.4. The molecule has 0 saturated heterocycles. The van der Waals surface area contributed by atoms with Crippen LogP contribution in [-0.4, -0.2) is 31.5 Å². The summed E-state index contributed by atoms with van der Waals surface area (Å²) >= 11 is 1.02. The van der Waals surface area contributed by atoms with Gasteiger partial charge in [-0.15, -0.1) is 0 Å². The molecule has 4 aromatic carbocycles. The average Bonchev–Trinajstić information content (AvgIpc) is 2.77. The molecule has 0 saturated carbocycles. The van der Waals surface area contributed by atoms with Gasteiger partial charge in [-0.3, -0.25) is 0 Å². The Hall–Kier alpha value is -2.05. The molecule has 0 aliphatic carbocycles. The van der Waals surface area contributed by atoms with Crippen LogP contribution in [-0.2, 0) is 0 Å². The van der Waals surface area contributed by atoms with Crippen LogP contribution < -0.4 is 26.9 Å². The third-order valence-electron chi connectivity index (χ3n) is 4.93. The van der Waals surface area contributed by atoms with Crippen LogP contribution in [0.3, 0.4) is 0 Å². The van der Waals surface area contributed by atoms with Gasteiger partial charge >= 0.3 is 188 Å². The van der Waals surface area contributed by atoms with Crippen LogP contribution in [0.25, 0.3) is 0 Å². The first-order valence-electron chi connectivity index (χ1n) is 9.37. The molecule has 2 atom stereocenters. The summed E-state index contributed by atoms with van der Waals surface area (Å²) in [6, 6.07) is 29.8. The van der Waals surface area contributed by atoms with Gasteiger partial charge in [0.1, 0.15) is 0 Å². The van der Waals surface area contributed by atoms with Gasteiger partial charge in [0.05, 0.1) is 0 Å². The third kappa shape index (κ3) is 3.22. The maximum absolute atomic E-state index is 6.22. The minimum absolute atomic E-state index is 0.426. The van der Waals surface area contributed by atoms with Crippen molar-refractivity contribution in [2.24, 2.45) is 0 Å². The number of rotatable bonds is 2. The first kappa shape index (κ1) is 17.8. The number of para-hydroxylation sites is 2. The summed E-state index contributed by atoms with van der Waals surface area (Å²) in [5.74, 6) is 4.10. The van der Waals surface area contributed by atoms with E-state index in [1.807, 2.05) is 23.9 Å². The number of hydrogen-bond donors (Lipinski definition) is 0. The monoisotopic (exact) mass is 518 g/mol. The van der Waals surface area contributed by atoms with E-state index >= 15 is 0 Å². The van der Waals surface area contributed by atoms with Crippen molar-refractivity contribution in [3.05, 3.63) is 84.9 Å². The van der Waals surface area contributed by atoms with Crippen LogP contribution in [0.5, 0.6) is 23.0 Å². The predicted molar refractivity (Wildman–Crippen MR) is 123 cm³/mol. The molecule has 0 N–H and O–H groups in total. The summed E-state index contributed by atoms with van der Waals surface area (Å²) < 4.78 is 18.0. The quantitative estimate of drug-likeness (QED) is 0.329. The van der Waals surface area contributed by atoms with Gasteiger partial charge in [0.15, 0.2) is 0 Å². The second-order valence-corrected chi connectivity index (χ2v) is 13.3. The molecular formula is C24H16As2O2S. The molecule has 29 heavy (non-hydrogen) atoms. The molecule has 6 rings (SSSR count). The molecule has 2 aliphatic rings. The standard InChI is InChI=1S/C24H16As2O2S/c1-3-9-17-15(7-1)25-23-19(27-17)11-5-13-21(23)29-22-14-6-12-20-24(22)26-16-8-2-4-10-18(16)28-20/h1-14,25-26H. The zero-order valence-electron chi connectivity index (χ0n) is 15.3. The molecule has 140 valence electrons. The van der Waals surface area contributed by atoms with E-state index in [-0.39, 0.29) is 0 Å². The molecule has 5 heteroatoms. The van der Waals surface area contributed by atoms with Crippen LogP contribution >= 0.6 is 11.8 Å². The van der Waals surface area contributed by atoms with Crippen LogP contribution in [0, 0.1) is 0 Å². The molecule has 2 unspecified atom stereocenters. The van der Waals surface area contributed by atoms with Gasteiger partial charge in [0.25, 0.3) is 0 Å². The Morgan fingerprint density at radius 2 is 0.931 bits per heavy atom. The number of benzene rings is 4. The van der Waals surface area contributed by atoms with Crippen molar-refractivity contribution in [2.45, 2.75) is 9.79 Å². The molecule has 0 aromatic heterocycles. The number of ether oxygens (including phenoxy) is 2. The van der Waals surface area contributed by atoms with E-state index in [4.69, 9.17) is 9.47 Å². The third-order valence-corrected chi connectivity index (χ3v) is 12.9. The van der Waals surface area contributed by atoms with Crippen molar-refractivity contribution in [2.75, 3.05) is 0 Å². The molecular weight excluding hydrogens is 502 g/mol. The van der Waals surface area contributed by atoms with E-state index in [1.54, 1.807) is 0 Å². The van der Waals surface area contributed by atoms with Crippen LogP contribution in [0.2, 0.25) is 0 Å². The SMILES string of the molecule is c1ccc2c(c1)Oc1cccc(Sc3cccc4c3[AsH]c3ccccc3O4)c1[AsH]2. The van der Waals surface area contributed by atoms with Crippen molar-refractivity contribution in [3.8, 4) is 23.0 Å². The molecule has 0 fully saturated rings. The van der Waals surface area contributed by atoms with Crippen molar-refractivity contribution >= 4 is 60.7 Å². The molecule has 0 radical (unpaired) electrons. The van der Waals surface area contributed by atoms with Crippen molar-refractivity contribution in [3.63, 3.8) is 0 Å². The summed E-state index contributed by atoms with van der Waals surface area (Å²) in [4.78, 5) is 2.63. The Bertz CT molecular complexity index is 1160. The van der Waals surface area contributed by atoms with Crippen LogP contribution in [0.4, 0.5) is 0 Å². The Balaban J connectivity index is 1.38. The summed E-state index contributed by atoms with van der Waals surface area (Å²) in [5.41, 5.74) is 0. The summed E-state index contributed by atoms with van der Waals surface area (Å²) in [7, 11) is 0. The Morgan fingerprint density at radius 1 is 0.483 bits per heavy atom. The zero-order valence-corrected chi connectivity index (χ0v) is 20.3. The van der Waals surface area contributed by atoms with E-state index in [1.165, 1.54) is 27.2 Å². The van der Waals surface area contributed by atoms with E-state index in [9.17, 15) is 0 Å². The first-order chi connectivity index (χ1) is 14.3. The number of fused-ring (bicyclic) bond motifs is 4. The zero-order chi connectivity index (χ0) is 19.2. The van der Waals surface area contributed by atoms with E-state index < -0.39 is 31.5 Å². The fraction of sp³-hybridized carbons (Fsp3) is 0. The van der Waals surface area contributed by atoms with E-state index in [0.717, 1.165) is 23.0 Å². The normalized spacial score (nSPS) is 14.9. The maximum atomic E-state index is 6.22. The van der Waals surface area contributed by atoms with Crippen molar-refractivity contribution in [1.29, 1.82) is 0 Å². The van der Waals surface area contributed by atoms with E-state index in [0.29, 0.717) is 0 Å². The van der Waals surface area contributed by atoms with Gasteiger partial charge in [-0.1, -0.05) is 0 Å². The molecule has 2 nitrogen and oxygen atoms in total. The van der Waals surface area contributed by atoms with E-state index in [2.05, 4.69) is 72.8 Å². The van der Waals surface area contributed by atoms with Gasteiger partial charge in [0.2, 0.25) is 0 Å². The van der Waals surface area contributed by atoms with Crippen LogP contribution in [0.15, 0.2) is 94.7 Å². The second-order valence-electron chi connectivity index (χ2n) is 6.81. The summed E-state index contributed by atoms with van der Waals surface area (Å²) in [6.45, 7) is 0. The summed E-state index contributed by atoms with van der Waals surface area (Å²) in [5, 5.41) is 0. The second kappa shape index (κ2) is 7.33. The molecule has 2 aliphatic heterocycles. The van der Waals surface area contributed by atoms with Crippen LogP contribution in [0.1, 0.15) is 0 Å². The van der Waals surface area contributed by atoms with Gasteiger partial charge < -0.3 is 0 Å². The molecule has 2 heterocycles. The molecule has 4 aromatic rings. The van der Waals surface area contributed by atoms with Crippen molar-refractivity contribution < 1.29 is 9.47 Å². The fourth-order valence-electron chi connectivity index (χ4n) is 3.55. The van der Waals surface area contributed by atoms with Gasteiger partial charge in [-0.2, -0.15) is 0 Å². The molecule has 0 bridgehead atoms. The Kier molecular flexibility index (Phi) is 4.49. The molecule has 0 spiro atoms. The van der Waals surface area contributed by atoms with Gasteiger partial charge in [0, 0.05) is 0 Å². The minimum atomic E-state index is -0.426. The van der Waals surface area contributed by atoms with Gasteiger partial charge in [-0.25, -0.2) is 0 Å². The van der Waals surface area contributed by atoms with Gasteiger partial charge in [-0.05, 0) is 0 Å². The fourth-order valence-corrected chi connectivity index (χ4v) is 10.6.